The number of hydrogen-bond donors (Lipinski definition) is 0. The van der Waals surface area contributed by atoms with Crippen LogP contribution in [-0.2, 0) is 0 Å². The molecule has 3 rings (SSSR count). The molecule has 0 atom stereocenters. The van der Waals surface area contributed by atoms with Gasteiger partial charge in [0.1, 0.15) is 0 Å². The van der Waals surface area contributed by atoms with Gasteiger partial charge in [0.05, 0.1) is 10.6 Å². The summed E-state index contributed by atoms with van der Waals surface area (Å²) in [4.78, 5) is 14.9. The van der Waals surface area contributed by atoms with Crippen LogP contribution in [0.2, 0.25) is 0 Å². The van der Waals surface area contributed by atoms with Crippen LogP contribution in [0.5, 0.6) is 0 Å². The van der Waals surface area contributed by atoms with Crippen molar-refractivity contribution in [3.8, 4) is 0 Å². The average Bonchev–Trinajstić information content (AvgIpc) is 2.53. The van der Waals surface area contributed by atoms with Crippen LogP contribution >= 0.6 is 0 Å². The zero-order valence-electron chi connectivity index (χ0n) is 12.1. The predicted molar refractivity (Wildman–Crippen MR) is 89.0 cm³/mol. The number of nitrogens with zero attached hydrogens (tertiary/aromatic N) is 2. The number of nitro groups is 1. The number of fused-ring (bicyclic) bond motifs is 1. The monoisotopic (exact) mass is 290 g/mol. The third kappa shape index (κ3) is 2.86. The van der Waals surface area contributed by atoms with Crippen molar-refractivity contribution in [1.29, 1.82) is 0 Å². The van der Waals surface area contributed by atoms with E-state index in [-0.39, 0.29) is 10.6 Å². The van der Waals surface area contributed by atoms with Gasteiger partial charge in [0.2, 0.25) is 0 Å². The molecule has 0 bridgehead atoms. The third-order valence-electron chi connectivity index (χ3n) is 3.53. The Bertz CT molecular complexity index is 885. The minimum Gasteiger partial charge on any atom is -0.258 e. The van der Waals surface area contributed by atoms with Gasteiger partial charge < -0.3 is 0 Å². The summed E-state index contributed by atoms with van der Waals surface area (Å²) in [5.74, 6) is 0. The predicted octanol–water partition coefficient (Wildman–Crippen LogP) is 4.81. The molecule has 4 heteroatoms. The number of rotatable bonds is 3. The fourth-order valence-corrected chi connectivity index (χ4v) is 2.31. The van der Waals surface area contributed by atoms with Crippen molar-refractivity contribution < 1.29 is 4.92 Å². The highest BCUT2D eigenvalue weighted by molar-refractivity contribution is 5.91. The van der Waals surface area contributed by atoms with E-state index in [9.17, 15) is 10.1 Å². The van der Waals surface area contributed by atoms with Gasteiger partial charge in [-0.1, -0.05) is 42.5 Å². The zero-order chi connectivity index (χ0) is 15.5. The van der Waals surface area contributed by atoms with Gasteiger partial charge in [0, 0.05) is 17.8 Å². The maximum absolute atomic E-state index is 10.9. The molecule has 3 aromatic rings. The van der Waals surface area contributed by atoms with Crippen molar-refractivity contribution in [1.82, 2.24) is 0 Å². The van der Waals surface area contributed by atoms with Crippen molar-refractivity contribution >= 4 is 28.4 Å². The molecule has 22 heavy (non-hydrogen) atoms. The molecule has 0 spiro atoms. The van der Waals surface area contributed by atoms with E-state index < -0.39 is 0 Å². The van der Waals surface area contributed by atoms with Gasteiger partial charge in [0.25, 0.3) is 5.69 Å². The van der Waals surface area contributed by atoms with Gasteiger partial charge in [0.15, 0.2) is 0 Å². The maximum Gasteiger partial charge on any atom is 0.274 e. The van der Waals surface area contributed by atoms with Gasteiger partial charge in [-0.25, -0.2) is 0 Å². The van der Waals surface area contributed by atoms with Gasteiger partial charge in [-0.3, -0.25) is 15.1 Å². The van der Waals surface area contributed by atoms with Crippen LogP contribution in [0, 0.1) is 17.0 Å². The zero-order valence-corrected chi connectivity index (χ0v) is 12.1. The van der Waals surface area contributed by atoms with Gasteiger partial charge in [-0.05, 0) is 35.4 Å². The number of benzene rings is 3. The summed E-state index contributed by atoms with van der Waals surface area (Å²) in [5.41, 5.74) is 2.26. The van der Waals surface area contributed by atoms with Crippen LogP contribution in [-0.4, -0.2) is 11.1 Å². The lowest BCUT2D eigenvalue weighted by molar-refractivity contribution is -0.385. The average molecular weight is 290 g/mol. The molecule has 0 fully saturated rings. The van der Waals surface area contributed by atoms with Crippen LogP contribution < -0.4 is 0 Å². The number of hydrogen-bond acceptors (Lipinski definition) is 3. The third-order valence-corrected chi connectivity index (χ3v) is 3.53. The molecule has 0 aromatic heterocycles. The quantitative estimate of drug-likeness (QED) is 0.395. The van der Waals surface area contributed by atoms with Crippen molar-refractivity contribution in [3.05, 3.63) is 81.9 Å². The molecule has 0 heterocycles. The first-order valence-corrected chi connectivity index (χ1v) is 6.91. The van der Waals surface area contributed by atoms with Crippen molar-refractivity contribution in [2.45, 2.75) is 6.92 Å². The lowest BCUT2D eigenvalue weighted by Gasteiger charge is -2.00. The lowest BCUT2D eigenvalue weighted by Crippen LogP contribution is -1.90. The van der Waals surface area contributed by atoms with E-state index in [0.717, 1.165) is 10.9 Å². The molecule has 0 unspecified atom stereocenters. The fourth-order valence-electron chi connectivity index (χ4n) is 2.31. The molecule has 0 aliphatic heterocycles. The molecule has 0 saturated heterocycles. The first-order chi connectivity index (χ1) is 10.6. The minimum absolute atomic E-state index is 0.0909. The Hall–Kier alpha value is -3.01. The van der Waals surface area contributed by atoms with Crippen molar-refractivity contribution in [3.63, 3.8) is 0 Å². The second-order valence-electron chi connectivity index (χ2n) is 5.09. The number of aryl methyl sites for hydroxylation is 1. The van der Waals surface area contributed by atoms with E-state index in [1.807, 2.05) is 36.4 Å². The van der Waals surface area contributed by atoms with Gasteiger partial charge >= 0.3 is 0 Å². The van der Waals surface area contributed by atoms with Crippen molar-refractivity contribution in [2.75, 3.05) is 0 Å². The molecular weight excluding hydrogens is 276 g/mol. The first-order valence-electron chi connectivity index (χ1n) is 6.91. The fraction of sp³-hybridized carbons (Fsp3) is 0.0556. The Morgan fingerprint density at radius 1 is 1.00 bits per heavy atom. The summed E-state index contributed by atoms with van der Waals surface area (Å²) in [6.45, 7) is 1.72. The van der Waals surface area contributed by atoms with E-state index >= 15 is 0 Å². The highest BCUT2D eigenvalue weighted by Crippen LogP contribution is 2.24. The summed E-state index contributed by atoms with van der Waals surface area (Å²) in [6.07, 6.45) is 1.72. The van der Waals surface area contributed by atoms with Crippen LogP contribution in [0.3, 0.4) is 0 Å². The highest BCUT2D eigenvalue weighted by atomic mass is 16.6. The molecule has 3 aromatic carbocycles. The SMILES string of the molecule is Cc1ccc(N=Cc2ccc3ccccc3c2)cc1[N+](=O)[O-]. The van der Waals surface area contributed by atoms with E-state index in [2.05, 4.69) is 11.1 Å². The second kappa shape index (κ2) is 5.77. The summed E-state index contributed by atoms with van der Waals surface area (Å²) in [5, 5.41) is 13.3. The number of aliphatic imine (C=N–C) groups is 1. The molecule has 0 aliphatic rings. The Balaban J connectivity index is 1.92. The van der Waals surface area contributed by atoms with Crippen LogP contribution in [0.25, 0.3) is 10.8 Å². The standard InChI is InChI=1S/C18H14N2O2/c1-13-6-9-17(11-18(13)20(21)22)19-12-14-7-8-15-4-2-3-5-16(15)10-14/h2-12H,1H3. The molecule has 108 valence electrons. The Morgan fingerprint density at radius 2 is 1.77 bits per heavy atom. The summed E-state index contributed by atoms with van der Waals surface area (Å²) >= 11 is 0. The largest absolute Gasteiger partial charge is 0.274 e. The maximum atomic E-state index is 10.9. The summed E-state index contributed by atoms with van der Waals surface area (Å²) in [6, 6.07) is 19.1. The van der Waals surface area contributed by atoms with E-state index in [0.29, 0.717) is 11.3 Å². The molecular formula is C18H14N2O2. The Labute approximate surface area is 127 Å². The molecule has 0 radical (unpaired) electrons. The number of nitro benzene ring substituents is 1. The summed E-state index contributed by atoms with van der Waals surface area (Å²) in [7, 11) is 0. The van der Waals surface area contributed by atoms with Crippen LogP contribution in [0.1, 0.15) is 11.1 Å². The first kappa shape index (κ1) is 13.9. The Kier molecular flexibility index (Phi) is 3.66. The van der Waals surface area contributed by atoms with Crippen molar-refractivity contribution in [2.24, 2.45) is 4.99 Å². The van der Waals surface area contributed by atoms with Gasteiger partial charge in [-0.15, -0.1) is 0 Å². The van der Waals surface area contributed by atoms with E-state index in [1.165, 1.54) is 11.5 Å². The smallest absolute Gasteiger partial charge is 0.258 e. The second-order valence-corrected chi connectivity index (χ2v) is 5.09. The van der Waals surface area contributed by atoms with Gasteiger partial charge in [-0.2, -0.15) is 0 Å². The summed E-state index contributed by atoms with van der Waals surface area (Å²) < 4.78 is 0. The molecule has 0 N–H and O–H groups in total. The molecule has 0 amide bonds. The highest BCUT2D eigenvalue weighted by Gasteiger charge is 2.10. The molecule has 0 saturated carbocycles. The minimum atomic E-state index is -0.385. The molecule has 4 nitrogen and oxygen atoms in total. The van der Waals surface area contributed by atoms with Crippen LogP contribution in [0.15, 0.2) is 65.7 Å². The normalized spacial score (nSPS) is 11.1. The van der Waals surface area contributed by atoms with E-state index in [4.69, 9.17) is 0 Å². The lowest BCUT2D eigenvalue weighted by atomic mass is 10.1. The Morgan fingerprint density at radius 3 is 2.55 bits per heavy atom. The van der Waals surface area contributed by atoms with Crippen LogP contribution in [0.4, 0.5) is 11.4 Å². The molecule has 0 aliphatic carbocycles. The van der Waals surface area contributed by atoms with E-state index in [1.54, 1.807) is 25.3 Å². The topological polar surface area (TPSA) is 55.5 Å².